The second-order valence-corrected chi connectivity index (χ2v) is 20.3. The first-order valence-corrected chi connectivity index (χ1v) is 23.7. The van der Waals surface area contributed by atoms with Crippen LogP contribution in [0.5, 0.6) is 0 Å². The molecule has 0 radical (unpaired) electrons. The predicted molar refractivity (Wildman–Crippen MR) is 275 cm³/mol. The van der Waals surface area contributed by atoms with Crippen LogP contribution in [-0.2, 0) is 31.9 Å². The van der Waals surface area contributed by atoms with Crippen LogP contribution in [0, 0.1) is 6.07 Å². The quantitative estimate of drug-likeness (QED) is 0.142. The van der Waals surface area contributed by atoms with Crippen LogP contribution in [0.1, 0.15) is 125 Å². The van der Waals surface area contributed by atoms with E-state index in [1.165, 1.54) is 44.5 Å². The molecule has 5 heteroatoms. The fourth-order valence-corrected chi connectivity index (χ4v) is 10.8. The van der Waals surface area contributed by atoms with Gasteiger partial charge in [0.25, 0.3) is 0 Å². The van der Waals surface area contributed by atoms with Gasteiger partial charge in [-0.05, 0) is 103 Å². The van der Waals surface area contributed by atoms with E-state index in [0.717, 1.165) is 72.3 Å². The van der Waals surface area contributed by atoms with Crippen LogP contribution in [0.4, 0.5) is 0 Å². The van der Waals surface area contributed by atoms with Gasteiger partial charge in [-0.25, -0.2) is 4.98 Å². The molecule has 0 fully saturated rings. The Labute approximate surface area is 409 Å². The van der Waals surface area contributed by atoms with E-state index in [1.54, 1.807) is 0 Å². The molecule has 4 nitrogen and oxygen atoms in total. The molecule has 0 unspecified atom stereocenters. The SMILES string of the molecule is CC(C)c1ccnc(C2(c3[c-]c(-c4cccc5c4nc(-c4cccc6c4[n-]c4ccccc46)n5-c4ccc(C(C)C)c(C(C)C)c4)cc(C(C)(C)C)c3)c3ccccc3-c3ccccc32)c1.[Pt+2]. The fraction of sp³-hybridized carbons (Fsp3) is 0.226. The van der Waals surface area contributed by atoms with Crippen molar-refractivity contribution in [3.8, 4) is 39.3 Å². The van der Waals surface area contributed by atoms with Crippen LogP contribution in [-0.4, -0.2) is 14.5 Å². The van der Waals surface area contributed by atoms with Crippen molar-refractivity contribution in [3.05, 3.63) is 209 Å². The summed E-state index contributed by atoms with van der Waals surface area (Å²) in [5, 5.41) is 2.29. The Morgan fingerprint density at radius 3 is 1.94 bits per heavy atom. The van der Waals surface area contributed by atoms with Gasteiger partial charge < -0.3 is 4.98 Å². The third-order valence-electron chi connectivity index (χ3n) is 14.2. The zero-order chi connectivity index (χ0) is 45.6. The maximum atomic E-state index is 5.78. The van der Waals surface area contributed by atoms with Gasteiger partial charge in [-0.2, -0.15) is 0 Å². The smallest absolute Gasteiger partial charge is 0.656 e. The van der Waals surface area contributed by atoms with Crippen molar-refractivity contribution < 1.29 is 21.1 Å². The number of fused-ring (bicyclic) bond motifs is 7. The minimum Gasteiger partial charge on any atom is -0.656 e. The summed E-state index contributed by atoms with van der Waals surface area (Å²) >= 11 is 0. The molecule has 334 valence electrons. The van der Waals surface area contributed by atoms with Gasteiger partial charge in [-0.15, -0.1) is 45.9 Å². The Bertz CT molecular complexity index is 3480. The molecule has 7 aromatic carbocycles. The van der Waals surface area contributed by atoms with E-state index in [4.69, 9.17) is 15.0 Å². The molecule has 0 saturated carbocycles. The molecule has 3 heterocycles. The number of pyridine rings is 1. The first-order chi connectivity index (χ1) is 31.8. The molecule has 0 amide bonds. The summed E-state index contributed by atoms with van der Waals surface area (Å²) in [6.07, 6.45) is 2.00. The number of benzene rings is 7. The molecule has 0 spiro atoms. The molecular weight excluding hydrogens is 996 g/mol. The second-order valence-electron chi connectivity index (χ2n) is 20.3. The molecule has 1 aliphatic rings. The number of nitrogens with zero attached hydrogens (tertiary/aromatic N) is 4. The van der Waals surface area contributed by atoms with E-state index in [9.17, 15) is 0 Å². The summed E-state index contributed by atoms with van der Waals surface area (Å²) in [4.78, 5) is 16.4. The summed E-state index contributed by atoms with van der Waals surface area (Å²) in [6.45, 7) is 20.6. The van der Waals surface area contributed by atoms with E-state index in [1.807, 2.05) is 6.20 Å². The molecule has 0 atom stereocenters. The van der Waals surface area contributed by atoms with Gasteiger partial charge in [-0.3, -0.25) is 9.55 Å². The number of aromatic nitrogens is 4. The molecule has 0 N–H and O–H groups in total. The van der Waals surface area contributed by atoms with Crippen LogP contribution >= 0.6 is 0 Å². The van der Waals surface area contributed by atoms with Gasteiger partial charge in [0.1, 0.15) is 5.82 Å². The zero-order valence-corrected chi connectivity index (χ0v) is 42.1. The maximum absolute atomic E-state index is 5.78. The van der Waals surface area contributed by atoms with Gasteiger partial charge in [0, 0.05) is 17.4 Å². The molecule has 0 bridgehead atoms. The molecule has 11 rings (SSSR count). The minimum absolute atomic E-state index is 0. The van der Waals surface area contributed by atoms with Crippen molar-refractivity contribution in [3.63, 3.8) is 0 Å². The Hall–Kier alpha value is -6.35. The molecule has 0 saturated heterocycles. The van der Waals surface area contributed by atoms with Crippen molar-refractivity contribution in [1.29, 1.82) is 0 Å². The summed E-state index contributed by atoms with van der Waals surface area (Å²) in [6, 6.07) is 60.0. The Morgan fingerprint density at radius 1 is 0.597 bits per heavy atom. The number of imidazole rings is 1. The van der Waals surface area contributed by atoms with E-state index < -0.39 is 5.41 Å². The van der Waals surface area contributed by atoms with Gasteiger partial charge in [0.05, 0.1) is 22.1 Å². The number of hydrogen-bond donors (Lipinski definition) is 0. The van der Waals surface area contributed by atoms with E-state index in [-0.39, 0.29) is 26.5 Å². The Balaban J connectivity index is 0.00000525. The van der Waals surface area contributed by atoms with Crippen molar-refractivity contribution in [2.75, 3.05) is 0 Å². The summed E-state index contributed by atoms with van der Waals surface area (Å²) in [5.41, 5.74) is 19.4. The zero-order valence-electron chi connectivity index (χ0n) is 39.8. The third-order valence-corrected chi connectivity index (χ3v) is 14.2. The van der Waals surface area contributed by atoms with Gasteiger partial charge in [0.15, 0.2) is 0 Å². The average Bonchev–Trinajstić information content (AvgIpc) is 4.00. The van der Waals surface area contributed by atoms with Crippen LogP contribution in [0.2, 0.25) is 0 Å². The molecule has 67 heavy (non-hydrogen) atoms. The van der Waals surface area contributed by atoms with Crippen LogP contribution in [0.15, 0.2) is 158 Å². The van der Waals surface area contributed by atoms with Crippen LogP contribution < -0.4 is 4.98 Å². The molecular formula is C62H56N4Pt. The Kier molecular flexibility index (Phi) is 11.1. The predicted octanol–water partition coefficient (Wildman–Crippen LogP) is 15.8. The number of hydrogen-bond acceptors (Lipinski definition) is 2. The molecule has 1 aliphatic carbocycles. The third kappa shape index (κ3) is 7.05. The number of rotatable bonds is 8. The normalized spacial score (nSPS) is 13.3. The number of para-hydroxylation sites is 3. The molecule has 3 aromatic heterocycles. The van der Waals surface area contributed by atoms with Crippen molar-refractivity contribution in [2.45, 2.75) is 90.9 Å². The fourth-order valence-electron chi connectivity index (χ4n) is 10.8. The topological polar surface area (TPSA) is 44.8 Å². The minimum atomic E-state index is -0.723. The first-order valence-electron chi connectivity index (χ1n) is 23.7. The summed E-state index contributed by atoms with van der Waals surface area (Å²) in [7, 11) is 0. The van der Waals surface area contributed by atoms with Gasteiger partial charge in [0.2, 0.25) is 0 Å². The van der Waals surface area contributed by atoms with Crippen molar-refractivity contribution >= 4 is 32.8 Å². The maximum Gasteiger partial charge on any atom is 2.00 e. The Morgan fingerprint density at radius 2 is 1.24 bits per heavy atom. The summed E-state index contributed by atoms with van der Waals surface area (Å²) in [5.74, 6) is 1.96. The molecule has 0 aliphatic heterocycles. The van der Waals surface area contributed by atoms with Crippen molar-refractivity contribution in [1.82, 2.24) is 19.5 Å². The monoisotopic (exact) mass is 1050 g/mol. The van der Waals surface area contributed by atoms with Crippen LogP contribution in [0.25, 0.3) is 72.2 Å². The van der Waals surface area contributed by atoms with E-state index in [2.05, 4.69) is 225 Å². The second kappa shape index (κ2) is 16.8. The average molecular weight is 1050 g/mol. The van der Waals surface area contributed by atoms with Gasteiger partial charge in [-0.1, -0.05) is 177 Å². The van der Waals surface area contributed by atoms with Crippen molar-refractivity contribution in [2.24, 2.45) is 0 Å². The first kappa shape index (κ1) is 44.5. The van der Waals surface area contributed by atoms with E-state index >= 15 is 0 Å². The van der Waals surface area contributed by atoms with Crippen LogP contribution in [0.3, 0.4) is 0 Å². The van der Waals surface area contributed by atoms with E-state index in [0.29, 0.717) is 17.8 Å². The summed E-state index contributed by atoms with van der Waals surface area (Å²) < 4.78 is 2.38. The standard InChI is InChI=1S/C62H56N4.Pt/c1-37(2)40-30-31-63-57(34-40)62(53-24-13-10-18-47(53)48-19-11-14-25-54(48)62)43-33-41(32-42(35-43)61(7,8)9)46-21-17-27-56-59(46)65-60(66(56)44-28-29-45(38(3)4)52(36-44)39(5)6)51-23-16-22-50-49-20-12-15-26-55(49)64-58(50)51;/h10-32,34-39H,1-9H3;/q-2;+2. The van der Waals surface area contributed by atoms with Gasteiger partial charge >= 0.3 is 21.1 Å². The largest absolute Gasteiger partial charge is 2.00 e. The molecule has 10 aromatic rings.